The van der Waals surface area contributed by atoms with Gasteiger partial charge in [0, 0.05) is 43.6 Å². The van der Waals surface area contributed by atoms with Crippen molar-refractivity contribution in [1.82, 2.24) is 4.98 Å². The molecule has 1 saturated carbocycles. The number of aliphatic hydroxyl groups excluding tert-OH is 2. The van der Waals surface area contributed by atoms with Crippen LogP contribution in [0.4, 0.5) is 5.69 Å². The van der Waals surface area contributed by atoms with Crippen molar-refractivity contribution in [1.29, 1.82) is 0 Å². The van der Waals surface area contributed by atoms with E-state index in [2.05, 4.69) is 4.98 Å². The van der Waals surface area contributed by atoms with Gasteiger partial charge in [-0.2, -0.15) is 0 Å². The van der Waals surface area contributed by atoms with E-state index in [1.54, 1.807) is 0 Å². The van der Waals surface area contributed by atoms with Gasteiger partial charge in [-0.1, -0.05) is 13.8 Å². The maximum absolute atomic E-state index is 13.8. The van der Waals surface area contributed by atoms with Crippen molar-refractivity contribution >= 4 is 40.0 Å². The molecule has 5 N–H and O–H groups in total. The fourth-order valence-corrected chi connectivity index (χ4v) is 6.01. The zero-order valence-corrected chi connectivity index (χ0v) is 19.2. The highest BCUT2D eigenvalue weighted by Gasteiger charge is 2.63. The Morgan fingerprint density at radius 1 is 1.26 bits per heavy atom. The van der Waals surface area contributed by atoms with Crippen molar-refractivity contribution in [3.8, 4) is 0 Å². The molecule has 0 bridgehead atoms. The molecular weight excluding hydrogens is 442 g/mol. The van der Waals surface area contributed by atoms with Crippen LogP contribution in [0.1, 0.15) is 37.8 Å². The first-order valence-electron chi connectivity index (χ1n) is 10.9. The lowest BCUT2D eigenvalue weighted by Gasteiger charge is -2.51. The van der Waals surface area contributed by atoms with Gasteiger partial charge < -0.3 is 30.4 Å². The average molecular weight is 467 g/mol. The van der Waals surface area contributed by atoms with Gasteiger partial charge in [-0.3, -0.25) is 14.4 Å². The van der Waals surface area contributed by atoms with Crippen LogP contribution in [0.2, 0.25) is 0 Å². The summed E-state index contributed by atoms with van der Waals surface area (Å²) >= 11 is 0. The van der Waals surface area contributed by atoms with Crippen LogP contribution in [-0.2, 0) is 19.8 Å². The molecule has 0 aliphatic heterocycles. The van der Waals surface area contributed by atoms with Crippen LogP contribution in [0.15, 0.2) is 33.8 Å². The predicted molar refractivity (Wildman–Crippen MR) is 121 cm³/mol. The van der Waals surface area contributed by atoms with Crippen LogP contribution in [-0.4, -0.2) is 57.5 Å². The Balaban J connectivity index is 1.85. The van der Waals surface area contributed by atoms with Gasteiger partial charge >= 0.3 is 0 Å². The molecule has 178 valence electrons. The summed E-state index contributed by atoms with van der Waals surface area (Å²) in [6.45, 7) is 3.84. The number of hydrogen-bond donors (Lipinski definition) is 4. The summed E-state index contributed by atoms with van der Waals surface area (Å²) < 4.78 is 5.58. The lowest BCUT2D eigenvalue weighted by Crippen LogP contribution is -2.60. The second-order valence-electron chi connectivity index (χ2n) is 10.0. The molecule has 10 heteroatoms. The number of amides is 1. The molecule has 0 saturated heterocycles. The van der Waals surface area contributed by atoms with E-state index in [0.717, 1.165) is 11.3 Å². The monoisotopic (exact) mass is 467 g/mol. The number of aliphatic hydroxyl groups is 3. The molecule has 10 nitrogen and oxygen atoms in total. The second-order valence-corrected chi connectivity index (χ2v) is 10.0. The molecule has 3 aliphatic rings. The molecule has 1 amide bonds. The first kappa shape index (κ1) is 22.1. The van der Waals surface area contributed by atoms with E-state index in [1.165, 1.54) is 6.39 Å². The first-order valence-corrected chi connectivity index (χ1v) is 10.9. The fourth-order valence-electron chi connectivity index (χ4n) is 6.01. The zero-order chi connectivity index (χ0) is 24.9. The van der Waals surface area contributed by atoms with Gasteiger partial charge in [0.05, 0.1) is 5.56 Å². The number of hydrogen-bond acceptors (Lipinski definition) is 9. The molecule has 2 aromatic rings. The summed E-state index contributed by atoms with van der Waals surface area (Å²) in [5, 5.41) is 33.7. The molecule has 0 unspecified atom stereocenters. The third kappa shape index (κ3) is 2.48. The lowest BCUT2D eigenvalue weighted by molar-refractivity contribution is -0.148. The minimum Gasteiger partial charge on any atom is -0.508 e. The number of benzene rings is 1. The number of carbonyl (C=O) groups excluding carboxylic acids is 3. The summed E-state index contributed by atoms with van der Waals surface area (Å²) in [6, 6.07) is 1.84. The van der Waals surface area contributed by atoms with Crippen LogP contribution < -0.4 is 10.6 Å². The van der Waals surface area contributed by atoms with Gasteiger partial charge in [0.15, 0.2) is 23.4 Å². The summed E-state index contributed by atoms with van der Waals surface area (Å²) in [4.78, 5) is 44.3. The van der Waals surface area contributed by atoms with Gasteiger partial charge in [0.2, 0.25) is 5.78 Å². The summed E-state index contributed by atoms with van der Waals surface area (Å²) in [5.41, 5.74) is 3.65. The molecule has 34 heavy (non-hydrogen) atoms. The molecule has 0 radical (unpaired) electrons. The molecule has 3 atom stereocenters. The number of oxazole rings is 1. The Morgan fingerprint density at radius 2 is 1.94 bits per heavy atom. The van der Waals surface area contributed by atoms with E-state index >= 15 is 0 Å². The van der Waals surface area contributed by atoms with Crippen LogP contribution in [0.25, 0.3) is 16.9 Å². The highest BCUT2D eigenvalue weighted by atomic mass is 16.4. The van der Waals surface area contributed by atoms with Crippen molar-refractivity contribution in [2.24, 2.45) is 17.6 Å². The average Bonchev–Trinajstić information content (AvgIpc) is 3.21. The van der Waals surface area contributed by atoms with Crippen molar-refractivity contribution < 1.29 is 34.1 Å². The van der Waals surface area contributed by atoms with E-state index < -0.39 is 51.7 Å². The third-order valence-corrected chi connectivity index (χ3v) is 7.70. The number of fused-ring (bicyclic) bond motifs is 5. The Kier molecular flexibility index (Phi) is 4.36. The van der Waals surface area contributed by atoms with Crippen molar-refractivity contribution in [2.75, 3.05) is 19.0 Å². The fraction of sp³-hybridized carbons (Fsp3) is 0.417. The molecule has 5 rings (SSSR count). The summed E-state index contributed by atoms with van der Waals surface area (Å²) in [6.07, 6.45) is 1.02. The zero-order valence-electron chi connectivity index (χ0n) is 19.2. The van der Waals surface area contributed by atoms with E-state index in [-0.39, 0.29) is 35.3 Å². The number of carbonyl (C=O) groups is 3. The highest BCUT2D eigenvalue weighted by Crippen LogP contribution is 2.58. The minimum atomic E-state index is -2.55. The predicted octanol–water partition coefficient (Wildman–Crippen LogP) is 1.66. The number of Topliss-reactive ketones (excluding diaryl/α,β-unsaturated/α-hetero) is 2. The van der Waals surface area contributed by atoms with Crippen LogP contribution in [0.5, 0.6) is 0 Å². The van der Waals surface area contributed by atoms with E-state index in [9.17, 15) is 29.7 Å². The largest absolute Gasteiger partial charge is 0.508 e. The van der Waals surface area contributed by atoms with Crippen molar-refractivity contribution in [2.45, 2.75) is 37.7 Å². The van der Waals surface area contributed by atoms with Gasteiger partial charge in [-0.05, 0) is 23.5 Å². The Hall–Kier alpha value is -3.66. The molecule has 3 aliphatic carbocycles. The van der Waals surface area contributed by atoms with E-state index in [0.29, 0.717) is 5.52 Å². The number of aromatic nitrogens is 1. The second kappa shape index (κ2) is 6.69. The van der Waals surface area contributed by atoms with Gasteiger partial charge in [-0.25, -0.2) is 4.98 Å². The van der Waals surface area contributed by atoms with Crippen LogP contribution in [0, 0.1) is 11.8 Å². The quantitative estimate of drug-likeness (QED) is 0.480. The topological polar surface area (TPSA) is 167 Å². The number of rotatable bonds is 2. The Bertz CT molecular complexity index is 1380. The SMILES string of the molecule is CN(C)c1cc2ncoc2c2c1C(C)(C)[C@H]1C[C@H]3CC(=O)C(C(N)=O)=C(O)[C@@]3(O)C(=O)C1=C2O. The number of anilines is 1. The van der Waals surface area contributed by atoms with Gasteiger partial charge in [-0.15, -0.1) is 0 Å². The highest BCUT2D eigenvalue weighted by molar-refractivity contribution is 6.23. The Labute approximate surface area is 194 Å². The molecule has 0 spiro atoms. The smallest absolute Gasteiger partial charge is 0.255 e. The molecule has 1 aromatic heterocycles. The third-order valence-electron chi connectivity index (χ3n) is 7.70. The van der Waals surface area contributed by atoms with Crippen molar-refractivity contribution in [3.63, 3.8) is 0 Å². The van der Waals surface area contributed by atoms with Crippen molar-refractivity contribution in [3.05, 3.63) is 40.5 Å². The summed E-state index contributed by atoms with van der Waals surface area (Å²) in [7, 11) is 3.71. The summed E-state index contributed by atoms with van der Waals surface area (Å²) in [5.74, 6) is -5.93. The minimum absolute atomic E-state index is 0.0884. The number of nitrogens with two attached hydrogens (primary N) is 1. The molecule has 1 fully saturated rings. The van der Waals surface area contributed by atoms with Gasteiger partial charge in [0.1, 0.15) is 22.6 Å². The van der Waals surface area contributed by atoms with Crippen LogP contribution >= 0.6 is 0 Å². The van der Waals surface area contributed by atoms with Gasteiger partial charge in [0.25, 0.3) is 5.91 Å². The molecular formula is C24H25N3O7. The first-order chi connectivity index (χ1) is 15.8. The normalized spacial score (nSPS) is 28.0. The molecule has 1 heterocycles. The maximum atomic E-state index is 13.8. The van der Waals surface area contributed by atoms with E-state index in [4.69, 9.17) is 10.2 Å². The lowest BCUT2D eigenvalue weighted by atomic mass is 9.53. The standard InChI is InChI=1S/C24H25N3O7/c1-23(2)10-5-9-6-13(28)15(22(25)32)21(31)24(9,33)20(30)14(10)18(29)16-17(23)12(27(3)4)7-11-19(16)34-8-26-11/h7-10,29,31,33H,5-6H2,1-4H3,(H2,25,32)/t9-,10-,24-/m0/s1. The van der Waals surface area contributed by atoms with Crippen LogP contribution in [0.3, 0.4) is 0 Å². The Morgan fingerprint density at radius 3 is 2.56 bits per heavy atom. The van der Waals surface area contributed by atoms with E-state index in [1.807, 2.05) is 38.9 Å². The molecule has 1 aromatic carbocycles. The number of ketones is 2. The number of primary amides is 1. The number of nitrogens with zero attached hydrogens (tertiary/aromatic N) is 2. The maximum Gasteiger partial charge on any atom is 0.255 e.